The first-order valence-electron chi connectivity index (χ1n) is 19.7. The fourth-order valence-electron chi connectivity index (χ4n) is 5.07. The topological polar surface area (TPSA) is 109 Å². The standard InChI is InChI=1S/C46H63ClN4O4/c1-4-5-6-7-8-9-10-11-12-13-14-15-16-17-18-19-20-21-22-24-43(52)49-35-23-34-48-37-38-51-45(54)46(2,3)55-42-31-25-39(26-32-42)33-36-50-44(53)40-27-29-41(47)30-28-40/h5-6,8-9,11-12,14-15,17-18,20-21,25-32,48H,4,7,10,13,16,19,22-24,33-38H2,1-3H3,(H,49,52)(H,50,53)(H,51,54). The summed E-state index contributed by atoms with van der Waals surface area (Å²) in [6.07, 6.45) is 34.6. The molecule has 0 atom stereocenters. The molecule has 298 valence electrons. The van der Waals surface area contributed by atoms with Crippen LogP contribution in [0.4, 0.5) is 0 Å². The zero-order valence-electron chi connectivity index (χ0n) is 33.2. The monoisotopic (exact) mass is 770 g/mol. The molecule has 3 amide bonds. The minimum atomic E-state index is -1.05. The fourth-order valence-corrected chi connectivity index (χ4v) is 5.20. The molecule has 8 nitrogen and oxygen atoms in total. The van der Waals surface area contributed by atoms with Gasteiger partial charge in [-0.15, -0.1) is 0 Å². The first-order valence-corrected chi connectivity index (χ1v) is 20.1. The van der Waals surface area contributed by atoms with E-state index in [2.05, 4.69) is 101 Å². The summed E-state index contributed by atoms with van der Waals surface area (Å²) >= 11 is 5.89. The number of halogens is 1. The number of carbonyl (C=O) groups excluding carboxylic acids is 3. The molecule has 0 heterocycles. The van der Waals surface area contributed by atoms with Crippen LogP contribution in [0.3, 0.4) is 0 Å². The van der Waals surface area contributed by atoms with E-state index in [0.29, 0.717) is 55.4 Å². The third kappa shape index (κ3) is 23.7. The molecule has 0 bridgehead atoms. The van der Waals surface area contributed by atoms with Gasteiger partial charge >= 0.3 is 0 Å². The van der Waals surface area contributed by atoms with Crippen molar-refractivity contribution < 1.29 is 19.1 Å². The van der Waals surface area contributed by atoms with Crippen molar-refractivity contribution in [3.8, 4) is 5.75 Å². The van der Waals surface area contributed by atoms with Crippen LogP contribution >= 0.6 is 11.6 Å². The Bertz CT molecular complexity index is 1560. The lowest BCUT2D eigenvalue weighted by molar-refractivity contribution is -0.134. The molecule has 0 saturated carbocycles. The molecule has 0 aliphatic carbocycles. The van der Waals surface area contributed by atoms with Crippen molar-refractivity contribution in [2.24, 2.45) is 0 Å². The summed E-state index contributed by atoms with van der Waals surface area (Å²) in [5, 5.41) is 12.7. The summed E-state index contributed by atoms with van der Waals surface area (Å²) < 4.78 is 5.99. The summed E-state index contributed by atoms with van der Waals surface area (Å²) in [5.41, 5.74) is 0.551. The summed E-state index contributed by atoms with van der Waals surface area (Å²) in [6.45, 7) is 8.54. The maximum Gasteiger partial charge on any atom is 0.263 e. The van der Waals surface area contributed by atoms with E-state index in [9.17, 15) is 14.4 Å². The van der Waals surface area contributed by atoms with Crippen LogP contribution in [0.2, 0.25) is 5.02 Å². The van der Waals surface area contributed by atoms with Crippen molar-refractivity contribution >= 4 is 29.3 Å². The molecule has 0 spiro atoms. The second-order valence-electron chi connectivity index (χ2n) is 13.4. The molecule has 0 aromatic heterocycles. The number of benzene rings is 2. The zero-order valence-corrected chi connectivity index (χ0v) is 33.9. The quantitative estimate of drug-likeness (QED) is 0.0510. The molecule has 9 heteroatoms. The third-order valence-corrected chi connectivity index (χ3v) is 8.48. The van der Waals surface area contributed by atoms with E-state index in [1.807, 2.05) is 24.3 Å². The first kappa shape index (κ1) is 46.5. The van der Waals surface area contributed by atoms with E-state index < -0.39 is 5.60 Å². The highest BCUT2D eigenvalue weighted by Gasteiger charge is 2.29. The maximum atomic E-state index is 12.8. The molecule has 0 aliphatic rings. The Hall–Kier alpha value is -4.66. The Balaban J connectivity index is 1.44. The van der Waals surface area contributed by atoms with Crippen LogP contribution < -0.4 is 26.0 Å². The lowest BCUT2D eigenvalue weighted by Gasteiger charge is -2.25. The number of hydrogen-bond acceptors (Lipinski definition) is 5. The molecular formula is C46H63ClN4O4. The smallest absolute Gasteiger partial charge is 0.263 e. The van der Waals surface area contributed by atoms with Crippen molar-refractivity contribution in [3.63, 3.8) is 0 Å². The van der Waals surface area contributed by atoms with Crippen LogP contribution in [-0.2, 0) is 16.0 Å². The van der Waals surface area contributed by atoms with Gasteiger partial charge in [-0.25, -0.2) is 0 Å². The van der Waals surface area contributed by atoms with Crippen LogP contribution in [0, 0.1) is 0 Å². The van der Waals surface area contributed by atoms with Crippen molar-refractivity contribution in [2.45, 2.75) is 90.6 Å². The average Bonchev–Trinajstić information content (AvgIpc) is 3.17. The Morgan fingerprint density at radius 1 is 0.636 bits per heavy atom. The number of allylic oxidation sites excluding steroid dienone is 12. The second kappa shape index (κ2) is 29.7. The zero-order chi connectivity index (χ0) is 39.8. The van der Waals surface area contributed by atoms with Crippen molar-refractivity contribution in [2.75, 3.05) is 32.7 Å². The summed E-state index contributed by atoms with van der Waals surface area (Å²) in [5.74, 6) is 0.295. The summed E-state index contributed by atoms with van der Waals surface area (Å²) in [4.78, 5) is 37.2. The van der Waals surface area contributed by atoms with Gasteiger partial charge in [-0.3, -0.25) is 14.4 Å². The highest BCUT2D eigenvalue weighted by atomic mass is 35.5. The van der Waals surface area contributed by atoms with Crippen molar-refractivity contribution in [3.05, 3.63) is 138 Å². The van der Waals surface area contributed by atoms with Crippen molar-refractivity contribution in [1.29, 1.82) is 0 Å². The molecular weight excluding hydrogens is 708 g/mol. The molecule has 2 aromatic rings. The van der Waals surface area contributed by atoms with Gasteiger partial charge in [-0.05, 0) is 120 Å². The normalized spacial score (nSPS) is 12.2. The van der Waals surface area contributed by atoms with E-state index in [4.69, 9.17) is 16.3 Å². The highest BCUT2D eigenvalue weighted by Crippen LogP contribution is 2.19. The van der Waals surface area contributed by atoms with Crippen LogP contribution in [-0.4, -0.2) is 56.0 Å². The van der Waals surface area contributed by atoms with Gasteiger partial charge in [0.05, 0.1) is 0 Å². The average molecular weight is 771 g/mol. The van der Waals surface area contributed by atoms with Crippen LogP contribution in [0.1, 0.15) is 94.5 Å². The van der Waals surface area contributed by atoms with Gasteiger partial charge in [0.25, 0.3) is 11.8 Å². The lowest BCUT2D eigenvalue weighted by atomic mass is 10.1. The van der Waals surface area contributed by atoms with Gasteiger partial charge in [-0.1, -0.05) is 104 Å². The van der Waals surface area contributed by atoms with Gasteiger partial charge in [0.2, 0.25) is 5.91 Å². The molecule has 2 aromatic carbocycles. The van der Waals surface area contributed by atoms with E-state index in [0.717, 1.165) is 63.5 Å². The van der Waals surface area contributed by atoms with Gasteiger partial charge in [0.15, 0.2) is 5.60 Å². The largest absolute Gasteiger partial charge is 0.478 e. The summed E-state index contributed by atoms with van der Waals surface area (Å²) in [7, 11) is 0. The van der Waals surface area contributed by atoms with Crippen LogP contribution in [0.25, 0.3) is 0 Å². The number of carbonyl (C=O) groups is 3. The molecule has 0 saturated heterocycles. The fraction of sp³-hybridized carbons (Fsp3) is 0.413. The lowest BCUT2D eigenvalue weighted by Crippen LogP contribution is -2.48. The number of amides is 3. The van der Waals surface area contributed by atoms with Crippen molar-refractivity contribution in [1.82, 2.24) is 21.3 Å². The van der Waals surface area contributed by atoms with Gasteiger partial charge in [0.1, 0.15) is 5.75 Å². The molecule has 2 rings (SSSR count). The number of rotatable bonds is 28. The molecule has 0 fully saturated rings. The number of ether oxygens (including phenoxy) is 1. The third-order valence-electron chi connectivity index (χ3n) is 8.22. The number of nitrogens with one attached hydrogen (secondary N) is 4. The van der Waals surface area contributed by atoms with Crippen LogP contribution in [0.15, 0.2) is 121 Å². The van der Waals surface area contributed by atoms with Gasteiger partial charge in [-0.2, -0.15) is 0 Å². The van der Waals surface area contributed by atoms with Crippen LogP contribution in [0.5, 0.6) is 5.75 Å². The van der Waals surface area contributed by atoms with E-state index in [1.54, 1.807) is 38.1 Å². The number of hydrogen-bond donors (Lipinski definition) is 4. The van der Waals surface area contributed by atoms with Gasteiger partial charge < -0.3 is 26.0 Å². The maximum absolute atomic E-state index is 12.8. The highest BCUT2D eigenvalue weighted by molar-refractivity contribution is 6.30. The predicted octanol–water partition coefficient (Wildman–Crippen LogP) is 9.16. The Morgan fingerprint density at radius 3 is 1.78 bits per heavy atom. The SMILES string of the molecule is CCC=CCC=CCC=CCC=CCC=CCC=CCCC(=O)NCCCNCCNC(=O)C(C)(C)Oc1ccc(CCNC(=O)c2ccc(Cl)cc2)cc1. The molecule has 0 aliphatic heterocycles. The van der Waals surface area contributed by atoms with E-state index in [-0.39, 0.29) is 17.7 Å². The molecule has 0 unspecified atom stereocenters. The van der Waals surface area contributed by atoms with E-state index >= 15 is 0 Å². The molecule has 0 radical (unpaired) electrons. The minimum Gasteiger partial charge on any atom is -0.478 e. The second-order valence-corrected chi connectivity index (χ2v) is 13.9. The Labute approximate surface area is 335 Å². The summed E-state index contributed by atoms with van der Waals surface area (Å²) in [6, 6.07) is 14.3. The predicted molar refractivity (Wildman–Crippen MR) is 230 cm³/mol. The molecule has 4 N–H and O–H groups in total. The van der Waals surface area contributed by atoms with Gasteiger partial charge in [0, 0.05) is 43.2 Å². The first-order chi connectivity index (χ1) is 26.7. The minimum absolute atomic E-state index is 0.0578. The Morgan fingerprint density at radius 2 is 1.20 bits per heavy atom. The Kier molecular flexibility index (Phi) is 25.1. The van der Waals surface area contributed by atoms with E-state index in [1.165, 1.54) is 0 Å². The molecule has 55 heavy (non-hydrogen) atoms.